The van der Waals surface area contributed by atoms with Gasteiger partial charge in [-0.3, -0.25) is 4.90 Å². The molecule has 1 saturated carbocycles. The predicted molar refractivity (Wildman–Crippen MR) is 73.0 cm³/mol. The number of nitrogens with one attached hydrogen (secondary N) is 2. The van der Waals surface area contributed by atoms with Gasteiger partial charge < -0.3 is 10.6 Å². The minimum Gasteiger partial charge on any atom is -0.385 e. The van der Waals surface area contributed by atoms with Gasteiger partial charge in [-0.25, -0.2) is 4.79 Å². The number of benzene rings is 1. The molecular formula is C14H19N3O. The summed E-state index contributed by atoms with van der Waals surface area (Å²) in [5, 5.41) is 6.27. The van der Waals surface area contributed by atoms with Crippen molar-refractivity contribution in [3.8, 4) is 0 Å². The molecule has 3 rings (SSSR count). The summed E-state index contributed by atoms with van der Waals surface area (Å²) in [5.41, 5.74) is 2.12. The standard InChI is InChI=1S/C14H19N3O/c18-14-15-8-9-17(14)13-6-4-12(5-7-13)16-10-11-2-1-3-11/h4-7,11,16H,1-3,8-10H2,(H,15,18). The van der Waals surface area contributed by atoms with E-state index in [1.807, 2.05) is 12.1 Å². The van der Waals surface area contributed by atoms with Gasteiger partial charge in [-0.05, 0) is 43.0 Å². The van der Waals surface area contributed by atoms with Crippen LogP contribution in [0.5, 0.6) is 0 Å². The highest BCUT2D eigenvalue weighted by atomic mass is 16.2. The summed E-state index contributed by atoms with van der Waals surface area (Å²) in [6.45, 7) is 2.57. The maximum atomic E-state index is 11.5. The highest BCUT2D eigenvalue weighted by Crippen LogP contribution is 2.27. The summed E-state index contributed by atoms with van der Waals surface area (Å²) in [6, 6.07) is 8.13. The maximum absolute atomic E-state index is 11.5. The molecule has 1 aliphatic carbocycles. The molecule has 4 nitrogen and oxygen atoms in total. The van der Waals surface area contributed by atoms with Crippen LogP contribution in [-0.2, 0) is 0 Å². The fourth-order valence-electron chi connectivity index (χ4n) is 2.44. The second-order valence-corrected chi connectivity index (χ2v) is 5.11. The molecule has 2 fully saturated rings. The molecule has 2 aliphatic rings. The Hall–Kier alpha value is -1.71. The number of rotatable bonds is 4. The van der Waals surface area contributed by atoms with Gasteiger partial charge in [-0.15, -0.1) is 0 Å². The van der Waals surface area contributed by atoms with Crippen molar-refractivity contribution in [2.24, 2.45) is 5.92 Å². The van der Waals surface area contributed by atoms with Crippen LogP contribution < -0.4 is 15.5 Å². The van der Waals surface area contributed by atoms with E-state index in [1.54, 1.807) is 4.90 Å². The molecule has 0 radical (unpaired) electrons. The fraction of sp³-hybridized carbons (Fsp3) is 0.500. The van der Waals surface area contributed by atoms with E-state index in [2.05, 4.69) is 22.8 Å². The van der Waals surface area contributed by atoms with Crippen molar-refractivity contribution in [3.63, 3.8) is 0 Å². The summed E-state index contributed by atoms with van der Waals surface area (Å²) in [7, 11) is 0. The van der Waals surface area contributed by atoms with Crippen molar-refractivity contribution in [1.29, 1.82) is 0 Å². The Morgan fingerprint density at radius 1 is 1.28 bits per heavy atom. The number of urea groups is 1. The van der Waals surface area contributed by atoms with Crippen LogP contribution in [-0.4, -0.2) is 25.7 Å². The zero-order chi connectivity index (χ0) is 12.4. The molecule has 1 heterocycles. The van der Waals surface area contributed by atoms with Gasteiger partial charge in [0.15, 0.2) is 0 Å². The highest BCUT2D eigenvalue weighted by Gasteiger charge is 2.21. The molecule has 18 heavy (non-hydrogen) atoms. The third kappa shape index (κ3) is 2.28. The zero-order valence-electron chi connectivity index (χ0n) is 10.5. The number of carbonyl (C=O) groups excluding carboxylic acids is 1. The number of nitrogens with zero attached hydrogens (tertiary/aromatic N) is 1. The van der Waals surface area contributed by atoms with Crippen LogP contribution in [0.4, 0.5) is 16.2 Å². The van der Waals surface area contributed by atoms with Crippen molar-refractivity contribution >= 4 is 17.4 Å². The number of carbonyl (C=O) groups is 1. The quantitative estimate of drug-likeness (QED) is 0.855. The lowest BCUT2D eigenvalue weighted by atomic mass is 9.85. The second kappa shape index (κ2) is 4.88. The average molecular weight is 245 g/mol. The maximum Gasteiger partial charge on any atom is 0.321 e. The van der Waals surface area contributed by atoms with Gasteiger partial charge in [0, 0.05) is 31.0 Å². The molecule has 4 heteroatoms. The van der Waals surface area contributed by atoms with Crippen LogP contribution in [0, 0.1) is 5.92 Å². The van der Waals surface area contributed by atoms with Gasteiger partial charge in [0.1, 0.15) is 0 Å². The first-order valence-corrected chi connectivity index (χ1v) is 6.72. The first kappa shape index (κ1) is 11.4. The Bertz CT molecular complexity index is 425. The Balaban J connectivity index is 1.59. The summed E-state index contributed by atoms with van der Waals surface area (Å²) < 4.78 is 0. The second-order valence-electron chi connectivity index (χ2n) is 5.11. The Morgan fingerprint density at radius 2 is 2.06 bits per heavy atom. The first-order valence-electron chi connectivity index (χ1n) is 6.72. The van der Waals surface area contributed by atoms with E-state index in [0.717, 1.165) is 36.9 Å². The van der Waals surface area contributed by atoms with Crippen molar-refractivity contribution < 1.29 is 4.79 Å². The largest absolute Gasteiger partial charge is 0.385 e. The van der Waals surface area contributed by atoms with Crippen LogP contribution in [0.3, 0.4) is 0 Å². The third-order valence-corrected chi connectivity index (χ3v) is 3.86. The van der Waals surface area contributed by atoms with E-state index < -0.39 is 0 Å². The van der Waals surface area contributed by atoms with Gasteiger partial charge in [-0.2, -0.15) is 0 Å². The number of anilines is 2. The summed E-state index contributed by atoms with van der Waals surface area (Å²) in [6.07, 6.45) is 4.10. The summed E-state index contributed by atoms with van der Waals surface area (Å²) in [5.74, 6) is 0.856. The lowest BCUT2D eigenvalue weighted by Crippen LogP contribution is -2.27. The fourth-order valence-corrected chi connectivity index (χ4v) is 2.44. The molecule has 96 valence electrons. The molecule has 1 aromatic carbocycles. The van der Waals surface area contributed by atoms with Crippen LogP contribution in [0.1, 0.15) is 19.3 Å². The van der Waals surface area contributed by atoms with Gasteiger partial charge in [-0.1, -0.05) is 6.42 Å². The topological polar surface area (TPSA) is 44.4 Å². The van der Waals surface area contributed by atoms with Crippen molar-refractivity contribution in [2.75, 3.05) is 29.9 Å². The molecule has 0 aromatic heterocycles. The van der Waals surface area contributed by atoms with Gasteiger partial charge in [0.2, 0.25) is 0 Å². The van der Waals surface area contributed by atoms with E-state index in [4.69, 9.17) is 0 Å². The molecule has 0 bridgehead atoms. The van der Waals surface area contributed by atoms with Crippen molar-refractivity contribution in [2.45, 2.75) is 19.3 Å². The normalized spacial score (nSPS) is 19.6. The van der Waals surface area contributed by atoms with E-state index >= 15 is 0 Å². The lowest BCUT2D eigenvalue weighted by molar-refractivity contribution is 0.252. The van der Waals surface area contributed by atoms with Crippen LogP contribution in [0.2, 0.25) is 0 Å². The SMILES string of the molecule is O=C1NCCN1c1ccc(NCC2CCC2)cc1. The molecule has 0 atom stereocenters. The summed E-state index contributed by atoms with van der Waals surface area (Å²) >= 11 is 0. The minimum atomic E-state index is 0.00479. The van der Waals surface area contributed by atoms with Gasteiger partial charge in [0.05, 0.1) is 0 Å². The smallest absolute Gasteiger partial charge is 0.321 e. The molecular weight excluding hydrogens is 226 g/mol. The number of hydrogen-bond donors (Lipinski definition) is 2. The van der Waals surface area contributed by atoms with Crippen molar-refractivity contribution in [3.05, 3.63) is 24.3 Å². The average Bonchev–Trinajstić information content (AvgIpc) is 2.74. The van der Waals surface area contributed by atoms with Gasteiger partial charge >= 0.3 is 6.03 Å². The van der Waals surface area contributed by atoms with Crippen LogP contribution in [0.25, 0.3) is 0 Å². The molecule has 2 N–H and O–H groups in total. The Labute approximate surface area is 107 Å². The minimum absolute atomic E-state index is 0.00479. The van der Waals surface area contributed by atoms with E-state index in [1.165, 1.54) is 19.3 Å². The van der Waals surface area contributed by atoms with Crippen LogP contribution in [0.15, 0.2) is 24.3 Å². The number of amides is 2. The van der Waals surface area contributed by atoms with Crippen LogP contribution >= 0.6 is 0 Å². The predicted octanol–water partition coefficient (Wildman–Crippen LogP) is 2.43. The van der Waals surface area contributed by atoms with Gasteiger partial charge in [0.25, 0.3) is 0 Å². The number of hydrogen-bond acceptors (Lipinski definition) is 2. The molecule has 0 unspecified atom stereocenters. The van der Waals surface area contributed by atoms with E-state index in [-0.39, 0.29) is 6.03 Å². The Morgan fingerprint density at radius 3 is 2.61 bits per heavy atom. The molecule has 1 aliphatic heterocycles. The molecule has 0 spiro atoms. The highest BCUT2D eigenvalue weighted by molar-refractivity contribution is 5.94. The molecule has 1 saturated heterocycles. The Kier molecular flexibility index (Phi) is 3.09. The van der Waals surface area contributed by atoms with Crippen molar-refractivity contribution in [1.82, 2.24) is 5.32 Å². The molecule has 1 aromatic rings. The lowest BCUT2D eigenvalue weighted by Gasteiger charge is -2.26. The third-order valence-electron chi connectivity index (χ3n) is 3.86. The summed E-state index contributed by atoms with van der Waals surface area (Å²) in [4.78, 5) is 13.3. The van der Waals surface area contributed by atoms with E-state index in [0.29, 0.717) is 0 Å². The monoisotopic (exact) mass is 245 g/mol. The first-order chi connectivity index (χ1) is 8.83. The zero-order valence-corrected chi connectivity index (χ0v) is 10.5. The molecule has 2 amide bonds. The van der Waals surface area contributed by atoms with E-state index in [9.17, 15) is 4.79 Å².